The van der Waals surface area contributed by atoms with E-state index in [1.54, 1.807) is 4.57 Å². The number of piperidine rings is 1. The minimum absolute atomic E-state index is 0.0312. The van der Waals surface area contributed by atoms with E-state index in [0.717, 1.165) is 5.56 Å². The molecule has 1 spiro atoms. The van der Waals surface area contributed by atoms with Gasteiger partial charge in [-0.15, -0.1) is 0 Å². The second kappa shape index (κ2) is 6.94. The highest BCUT2D eigenvalue weighted by Gasteiger charge is 2.40. The number of nitrogens with one attached hydrogen (secondary N) is 1. The van der Waals surface area contributed by atoms with Gasteiger partial charge in [0.25, 0.3) is 0 Å². The smallest absolute Gasteiger partial charge is 0.242 e. The number of H-pyrrole nitrogens is 1. The summed E-state index contributed by atoms with van der Waals surface area (Å²) in [7, 11) is 0. The van der Waals surface area contributed by atoms with Crippen LogP contribution in [-0.4, -0.2) is 57.7 Å². The van der Waals surface area contributed by atoms with Gasteiger partial charge in [-0.25, -0.2) is 0 Å². The van der Waals surface area contributed by atoms with Crippen molar-refractivity contribution in [3.05, 3.63) is 34.6 Å². The summed E-state index contributed by atoms with van der Waals surface area (Å²) in [5.41, 5.74) is 2.10. The lowest BCUT2D eigenvalue weighted by molar-refractivity contribution is -0.187. The van der Waals surface area contributed by atoms with Crippen LogP contribution in [0.2, 0.25) is 0 Å². The van der Waals surface area contributed by atoms with Gasteiger partial charge in [-0.3, -0.25) is 14.5 Å². The summed E-state index contributed by atoms with van der Waals surface area (Å²) in [4.78, 5) is 14.6. The van der Waals surface area contributed by atoms with Crippen LogP contribution >= 0.6 is 12.2 Å². The number of hydrogen-bond acceptors (Lipinski definition) is 5. The molecule has 2 saturated heterocycles. The van der Waals surface area contributed by atoms with Crippen molar-refractivity contribution < 1.29 is 14.3 Å². The van der Waals surface area contributed by atoms with E-state index in [1.165, 1.54) is 5.56 Å². The molecule has 2 fully saturated rings. The molecule has 0 radical (unpaired) electrons. The first-order chi connectivity index (χ1) is 12.6. The zero-order chi connectivity index (χ0) is 18.1. The molecule has 7 nitrogen and oxygen atoms in total. The summed E-state index contributed by atoms with van der Waals surface area (Å²) < 4.78 is 13.7. The third-order valence-corrected chi connectivity index (χ3v) is 5.36. The number of benzene rings is 1. The summed E-state index contributed by atoms with van der Waals surface area (Å²) in [6.07, 6.45) is 1.42. The summed E-state index contributed by atoms with van der Waals surface area (Å²) >= 11 is 5.33. The highest BCUT2D eigenvalue weighted by Crippen LogP contribution is 2.31. The van der Waals surface area contributed by atoms with Crippen molar-refractivity contribution in [1.82, 2.24) is 19.7 Å². The third-order valence-electron chi connectivity index (χ3n) is 5.05. The van der Waals surface area contributed by atoms with Crippen LogP contribution < -0.4 is 0 Å². The average molecular weight is 374 g/mol. The Kier molecular flexibility index (Phi) is 4.64. The molecule has 2 aromatic rings. The molecule has 0 aliphatic carbocycles. The molecule has 2 aliphatic rings. The van der Waals surface area contributed by atoms with Crippen LogP contribution in [0.3, 0.4) is 0 Å². The molecular formula is C18H22N4O3S. The fourth-order valence-corrected chi connectivity index (χ4v) is 3.70. The lowest BCUT2D eigenvalue weighted by atomic mass is 10.0. The summed E-state index contributed by atoms with van der Waals surface area (Å²) in [5.74, 6) is 0.235. The minimum Gasteiger partial charge on any atom is -0.347 e. The van der Waals surface area contributed by atoms with Crippen LogP contribution in [0.25, 0.3) is 11.4 Å². The zero-order valence-electron chi connectivity index (χ0n) is 14.7. The summed E-state index contributed by atoms with van der Waals surface area (Å²) in [5, 5.41) is 7.11. The van der Waals surface area contributed by atoms with E-state index in [0.29, 0.717) is 49.7 Å². The van der Waals surface area contributed by atoms with Gasteiger partial charge >= 0.3 is 0 Å². The molecule has 4 rings (SSSR count). The second-order valence-electron chi connectivity index (χ2n) is 6.79. The number of nitrogens with zero attached hydrogens (tertiary/aromatic N) is 3. The lowest BCUT2D eigenvalue weighted by Gasteiger charge is -2.37. The molecule has 1 amide bonds. The molecule has 8 heteroatoms. The van der Waals surface area contributed by atoms with Crippen LogP contribution in [0, 0.1) is 11.7 Å². The first kappa shape index (κ1) is 17.4. The molecule has 1 N–H and O–H groups in total. The lowest BCUT2D eigenvalue weighted by Crippen LogP contribution is -2.48. The van der Waals surface area contributed by atoms with Crippen molar-refractivity contribution in [1.29, 1.82) is 0 Å². The number of likely N-dealkylation sites (tertiary alicyclic amines) is 1. The maximum atomic E-state index is 12.8. The van der Waals surface area contributed by atoms with Gasteiger partial charge in [0.05, 0.1) is 13.2 Å². The van der Waals surface area contributed by atoms with Crippen LogP contribution in [0.5, 0.6) is 0 Å². The Morgan fingerprint density at radius 3 is 2.54 bits per heavy atom. The number of aryl methyl sites for hydroxylation is 1. The molecule has 26 heavy (non-hydrogen) atoms. The Hall–Kier alpha value is -2.03. The van der Waals surface area contributed by atoms with Gasteiger partial charge in [-0.2, -0.15) is 5.10 Å². The fraction of sp³-hybridized carbons (Fsp3) is 0.500. The quantitative estimate of drug-likeness (QED) is 0.835. The number of rotatable bonds is 3. The van der Waals surface area contributed by atoms with Gasteiger partial charge in [0, 0.05) is 31.5 Å². The van der Waals surface area contributed by atoms with Crippen molar-refractivity contribution in [3.63, 3.8) is 0 Å². The third kappa shape index (κ3) is 3.32. The van der Waals surface area contributed by atoms with Gasteiger partial charge in [0.15, 0.2) is 16.4 Å². The van der Waals surface area contributed by atoms with E-state index >= 15 is 0 Å². The first-order valence-electron chi connectivity index (χ1n) is 8.84. The molecule has 1 aromatic carbocycles. The maximum Gasteiger partial charge on any atom is 0.242 e. The Morgan fingerprint density at radius 1 is 1.23 bits per heavy atom. The first-order valence-corrected chi connectivity index (χ1v) is 9.25. The predicted octanol–water partition coefficient (Wildman–Crippen LogP) is 2.28. The topological polar surface area (TPSA) is 72.4 Å². The number of aromatic amines is 1. The van der Waals surface area contributed by atoms with Crippen LogP contribution in [0.15, 0.2) is 24.3 Å². The number of amides is 1. The molecule has 0 atom stereocenters. The van der Waals surface area contributed by atoms with Gasteiger partial charge in [0.1, 0.15) is 6.54 Å². The van der Waals surface area contributed by atoms with E-state index < -0.39 is 5.79 Å². The van der Waals surface area contributed by atoms with Gasteiger partial charge in [-0.05, 0) is 19.1 Å². The monoisotopic (exact) mass is 374 g/mol. The number of ether oxygens (including phenoxy) is 2. The summed E-state index contributed by atoms with van der Waals surface area (Å²) in [6, 6.07) is 8.01. The van der Waals surface area contributed by atoms with E-state index in [4.69, 9.17) is 21.7 Å². The standard InChI is InChI=1S/C18H22N4O3S/c1-13-2-4-14(5-3-13)16-19-20-17(26)22(16)12-15(23)21-8-6-18(7-9-21)24-10-11-25-18/h2-5H,6-12H2,1H3,(H,20,26). The second-order valence-corrected chi connectivity index (χ2v) is 7.18. The largest absolute Gasteiger partial charge is 0.347 e. The number of aromatic nitrogens is 3. The average Bonchev–Trinajstić information content (AvgIpc) is 3.24. The molecular weight excluding hydrogens is 352 g/mol. The number of carbonyl (C=O) groups is 1. The molecule has 2 aliphatic heterocycles. The normalized spacial score (nSPS) is 19.2. The van der Waals surface area contributed by atoms with E-state index in [2.05, 4.69) is 10.2 Å². The Labute approximate surface area is 156 Å². The maximum absolute atomic E-state index is 12.8. The van der Waals surface area contributed by atoms with Crippen LogP contribution in [0.1, 0.15) is 18.4 Å². The Bertz CT molecular complexity index is 842. The number of carbonyl (C=O) groups excluding carboxylic acids is 1. The predicted molar refractivity (Wildman–Crippen MR) is 98.0 cm³/mol. The van der Waals surface area contributed by atoms with Crippen LogP contribution in [0.4, 0.5) is 0 Å². The van der Waals surface area contributed by atoms with Crippen molar-refractivity contribution in [2.75, 3.05) is 26.3 Å². The van der Waals surface area contributed by atoms with Crippen molar-refractivity contribution in [2.24, 2.45) is 0 Å². The van der Waals surface area contributed by atoms with E-state index in [9.17, 15) is 4.79 Å². The van der Waals surface area contributed by atoms with Crippen molar-refractivity contribution in [2.45, 2.75) is 32.1 Å². The molecule has 0 unspecified atom stereocenters. The molecule has 1 aromatic heterocycles. The summed E-state index contributed by atoms with van der Waals surface area (Å²) in [6.45, 7) is 4.74. The van der Waals surface area contributed by atoms with Crippen molar-refractivity contribution >= 4 is 18.1 Å². The molecule has 3 heterocycles. The number of hydrogen-bond donors (Lipinski definition) is 1. The van der Waals surface area contributed by atoms with Crippen molar-refractivity contribution in [3.8, 4) is 11.4 Å². The minimum atomic E-state index is -0.476. The van der Waals surface area contributed by atoms with Gasteiger partial charge < -0.3 is 14.4 Å². The zero-order valence-corrected chi connectivity index (χ0v) is 15.6. The van der Waals surface area contributed by atoms with Gasteiger partial charge in [-0.1, -0.05) is 29.8 Å². The highest BCUT2D eigenvalue weighted by atomic mass is 32.1. The SMILES string of the molecule is Cc1ccc(-c2n[nH]c(=S)n2CC(=O)N2CCC3(CC2)OCCO3)cc1. The highest BCUT2D eigenvalue weighted by molar-refractivity contribution is 7.71. The Morgan fingerprint density at radius 2 is 1.88 bits per heavy atom. The Balaban J connectivity index is 1.47. The van der Waals surface area contributed by atoms with E-state index in [-0.39, 0.29) is 12.5 Å². The van der Waals surface area contributed by atoms with Crippen LogP contribution in [-0.2, 0) is 20.8 Å². The molecule has 0 bridgehead atoms. The fourth-order valence-electron chi connectivity index (χ4n) is 3.51. The molecule has 138 valence electrons. The molecule has 0 saturated carbocycles. The van der Waals surface area contributed by atoms with Gasteiger partial charge in [0.2, 0.25) is 5.91 Å². The van der Waals surface area contributed by atoms with E-state index in [1.807, 2.05) is 36.1 Å².